The van der Waals surface area contributed by atoms with Crippen LogP contribution in [0.4, 0.5) is 39.5 Å². The Labute approximate surface area is 174 Å². The van der Waals surface area contributed by atoms with Crippen LogP contribution in [0.15, 0.2) is 0 Å². The van der Waals surface area contributed by atoms with E-state index in [0.29, 0.717) is 6.61 Å². The summed E-state index contributed by atoms with van der Waals surface area (Å²) in [6.45, 7) is 2.40. The van der Waals surface area contributed by atoms with Gasteiger partial charge in [-0.15, -0.1) is 0 Å². The zero-order chi connectivity index (χ0) is 25.1. The van der Waals surface area contributed by atoms with E-state index in [2.05, 4.69) is 6.92 Å². The molecule has 0 spiro atoms. The van der Waals surface area contributed by atoms with Crippen molar-refractivity contribution >= 4 is 47.7 Å². The van der Waals surface area contributed by atoms with E-state index in [9.17, 15) is 39.5 Å². The Kier molecular flexibility index (Phi) is 19.5. The van der Waals surface area contributed by atoms with Crippen LogP contribution in [0.25, 0.3) is 0 Å². The van der Waals surface area contributed by atoms with Gasteiger partial charge in [0.15, 0.2) is 30.4 Å². The molecule has 0 bridgehead atoms. The average molecular weight is 548 g/mol. The molecule has 1 N–H and O–H groups in total. The molecule has 0 saturated heterocycles. The van der Waals surface area contributed by atoms with Gasteiger partial charge in [-0.2, -0.15) is 39.5 Å². The first kappa shape index (κ1) is 40.0. The van der Waals surface area contributed by atoms with Crippen LogP contribution in [0.1, 0.15) is 19.8 Å². The second kappa shape index (κ2) is 14.6. The van der Waals surface area contributed by atoms with E-state index in [4.69, 9.17) is 44.0 Å². The molecule has 0 aromatic carbocycles. The molecular formula is C7H10AlF9O10S3. The molecule has 0 radical (unpaired) electrons. The first-order chi connectivity index (χ1) is 12.2. The van der Waals surface area contributed by atoms with Gasteiger partial charge in [0.25, 0.3) is 0 Å². The van der Waals surface area contributed by atoms with Crippen LogP contribution in [-0.4, -0.2) is 84.5 Å². The van der Waals surface area contributed by atoms with Crippen LogP contribution in [0.3, 0.4) is 0 Å². The summed E-state index contributed by atoms with van der Waals surface area (Å²) in [6, 6.07) is 0. The number of alkyl halides is 9. The number of unbranched alkanes of at least 4 members (excludes halogenated alkanes) is 1. The SMILES string of the molecule is CCCCO.O=S(=O)([O-])C(F)(F)F.O=S(=O)([O-])C(F)(F)F.O=S(=O)([O-])C(F)(F)F.[Al+3]. The molecule has 0 atom stereocenters. The molecule has 0 aliphatic rings. The fourth-order valence-corrected chi connectivity index (χ4v) is 0.158. The van der Waals surface area contributed by atoms with E-state index in [0.717, 1.165) is 12.8 Å². The molecule has 0 amide bonds. The Balaban J connectivity index is -0.0000000929. The predicted octanol–water partition coefficient (Wildman–Crippen LogP) is 0.552. The number of hydrogen-bond donors (Lipinski definition) is 1. The van der Waals surface area contributed by atoms with Gasteiger partial charge in [-0.1, -0.05) is 13.3 Å². The summed E-state index contributed by atoms with van der Waals surface area (Å²) < 4.78 is 177. The molecular weight excluding hydrogens is 538 g/mol. The van der Waals surface area contributed by atoms with Gasteiger partial charge in [0.1, 0.15) is 0 Å². The topological polar surface area (TPSA) is 192 Å². The quantitative estimate of drug-likeness (QED) is 0.221. The normalized spacial score (nSPS) is 12.6. The fraction of sp³-hybridized carbons (Fsp3) is 1.00. The third-order valence-electron chi connectivity index (χ3n) is 1.36. The molecule has 0 heterocycles. The molecule has 0 rings (SSSR count). The van der Waals surface area contributed by atoms with Crippen molar-refractivity contribution in [3.05, 3.63) is 0 Å². The van der Waals surface area contributed by atoms with Crippen LogP contribution in [0, 0.1) is 0 Å². The maximum Gasteiger partial charge on any atom is 3.00 e. The van der Waals surface area contributed by atoms with Gasteiger partial charge in [-0.3, -0.25) is 0 Å². The number of rotatable bonds is 2. The van der Waals surface area contributed by atoms with E-state index in [1.165, 1.54) is 0 Å². The zero-order valence-corrected chi connectivity index (χ0v) is 17.6. The van der Waals surface area contributed by atoms with Crippen LogP contribution in [0.5, 0.6) is 0 Å². The molecule has 0 aromatic rings. The monoisotopic (exact) mass is 548 g/mol. The smallest absolute Gasteiger partial charge is 0.741 e. The Hall–Kier alpha value is -0.408. The molecule has 0 aliphatic heterocycles. The van der Waals surface area contributed by atoms with Crippen LogP contribution in [0.2, 0.25) is 0 Å². The maximum absolute atomic E-state index is 10.7. The Morgan fingerprint density at radius 2 is 0.767 bits per heavy atom. The summed E-state index contributed by atoms with van der Waals surface area (Å²) in [5.74, 6) is 0. The van der Waals surface area contributed by atoms with E-state index in [1.807, 2.05) is 0 Å². The molecule has 0 unspecified atom stereocenters. The third-order valence-corrected chi connectivity index (χ3v) is 3.06. The Bertz CT molecular complexity index is 651. The van der Waals surface area contributed by atoms with Gasteiger partial charge in [0.2, 0.25) is 0 Å². The summed E-state index contributed by atoms with van der Waals surface area (Å²) in [4.78, 5) is 0. The van der Waals surface area contributed by atoms with Crippen molar-refractivity contribution in [2.24, 2.45) is 0 Å². The van der Waals surface area contributed by atoms with Crippen molar-refractivity contribution in [3.8, 4) is 0 Å². The molecule has 30 heavy (non-hydrogen) atoms. The molecule has 23 heteroatoms. The van der Waals surface area contributed by atoms with Gasteiger partial charge < -0.3 is 18.8 Å². The molecule has 0 fully saturated rings. The summed E-state index contributed by atoms with van der Waals surface area (Å²) in [6.07, 6.45) is 2.04. The largest absolute Gasteiger partial charge is 3.00 e. The second-order valence-corrected chi connectivity index (χ2v) is 7.89. The number of halogens is 9. The molecule has 0 aromatic heterocycles. The molecule has 0 saturated carbocycles. The van der Waals surface area contributed by atoms with Crippen LogP contribution >= 0.6 is 0 Å². The molecule has 0 aliphatic carbocycles. The minimum atomic E-state index is -6.09. The van der Waals surface area contributed by atoms with Crippen molar-refractivity contribution in [3.63, 3.8) is 0 Å². The average Bonchev–Trinajstić information content (AvgIpc) is 2.34. The predicted molar refractivity (Wildman–Crippen MR) is 75.0 cm³/mol. The van der Waals surface area contributed by atoms with Crippen LogP contribution < -0.4 is 0 Å². The Morgan fingerprint density at radius 3 is 0.767 bits per heavy atom. The fourth-order valence-electron chi connectivity index (χ4n) is 0.158. The summed E-state index contributed by atoms with van der Waals surface area (Å²) >= 11 is 0. The van der Waals surface area contributed by atoms with Crippen molar-refractivity contribution in [2.45, 2.75) is 36.3 Å². The molecule has 10 nitrogen and oxygen atoms in total. The van der Waals surface area contributed by atoms with Crippen molar-refractivity contribution in [2.75, 3.05) is 6.61 Å². The first-order valence-electron chi connectivity index (χ1n) is 5.84. The number of aliphatic hydroxyl groups is 1. The number of aliphatic hydroxyl groups excluding tert-OH is 1. The van der Waals surface area contributed by atoms with E-state index < -0.39 is 46.9 Å². The minimum absolute atomic E-state index is 0. The summed E-state index contributed by atoms with van der Waals surface area (Å²) in [5, 5.41) is 8.07. The van der Waals surface area contributed by atoms with Crippen LogP contribution in [-0.2, 0) is 30.4 Å². The van der Waals surface area contributed by atoms with Gasteiger partial charge in [0.05, 0.1) is 0 Å². The number of hydrogen-bond acceptors (Lipinski definition) is 10. The summed E-state index contributed by atoms with van der Waals surface area (Å²) in [7, 11) is -18.3. The third kappa shape index (κ3) is 23.9. The standard InChI is InChI=1S/C4H10O.3CHF3O3S.Al/c1-2-3-4-5;3*2-1(3,4)8(5,6)7;/h5H,2-4H2,1H3;3*(H,5,6,7);/q;;;;+3/p-3. The maximum atomic E-state index is 10.7. The van der Waals surface area contributed by atoms with Gasteiger partial charge >= 0.3 is 33.9 Å². The molecule has 182 valence electrons. The van der Waals surface area contributed by atoms with E-state index in [-0.39, 0.29) is 17.4 Å². The van der Waals surface area contributed by atoms with Crippen molar-refractivity contribution in [1.82, 2.24) is 0 Å². The van der Waals surface area contributed by atoms with Gasteiger partial charge in [0, 0.05) is 6.61 Å². The summed E-state index contributed by atoms with van der Waals surface area (Å²) in [5.41, 5.74) is -16.9. The minimum Gasteiger partial charge on any atom is -0.741 e. The zero-order valence-electron chi connectivity index (χ0n) is 13.9. The Morgan fingerprint density at radius 1 is 0.633 bits per heavy atom. The van der Waals surface area contributed by atoms with Gasteiger partial charge in [-0.05, 0) is 6.42 Å². The van der Waals surface area contributed by atoms with Gasteiger partial charge in [-0.25, -0.2) is 25.3 Å². The van der Waals surface area contributed by atoms with Crippen molar-refractivity contribution in [1.29, 1.82) is 0 Å². The van der Waals surface area contributed by atoms with E-state index in [1.54, 1.807) is 0 Å². The first-order valence-corrected chi connectivity index (χ1v) is 10.1. The van der Waals surface area contributed by atoms with Crippen molar-refractivity contribution < 1.29 is 83.5 Å². The second-order valence-electron chi connectivity index (χ2n) is 3.78. The van der Waals surface area contributed by atoms with E-state index >= 15 is 0 Å².